The summed E-state index contributed by atoms with van der Waals surface area (Å²) in [5, 5.41) is 0.742. The number of alkyl halides is 1. The third-order valence-corrected chi connectivity index (χ3v) is 5.57. The van der Waals surface area contributed by atoms with Crippen molar-refractivity contribution in [3.63, 3.8) is 0 Å². The highest BCUT2D eigenvalue weighted by Gasteiger charge is 2.19. The van der Waals surface area contributed by atoms with Crippen LogP contribution < -0.4 is 0 Å². The van der Waals surface area contributed by atoms with Gasteiger partial charge in [-0.25, -0.2) is 8.42 Å². The molecule has 0 saturated carbocycles. The van der Waals surface area contributed by atoms with E-state index in [1.807, 2.05) is 19.1 Å². The lowest BCUT2D eigenvalue weighted by molar-refractivity contribution is 0.552. The summed E-state index contributed by atoms with van der Waals surface area (Å²) in [5.41, 5.74) is 1.08. The van der Waals surface area contributed by atoms with Crippen LogP contribution >= 0.6 is 15.9 Å². The highest BCUT2D eigenvalue weighted by molar-refractivity contribution is 9.09. The van der Waals surface area contributed by atoms with E-state index in [1.54, 1.807) is 12.1 Å². The number of hydrogen-bond acceptors (Lipinski definition) is 2. The fourth-order valence-electron chi connectivity index (χ4n) is 1.77. The Bertz CT molecular complexity index is 437. The minimum atomic E-state index is -3.14. The van der Waals surface area contributed by atoms with Crippen LogP contribution in [0.5, 0.6) is 0 Å². The van der Waals surface area contributed by atoms with Gasteiger partial charge in [0.15, 0.2) is 9.84 Å². The molecule has 1 aromatic carbocycles. The lowest BCUT2D eigenvalue weighted by Crippen LogP contribution is -2.17. The fraction of sp³-hybridized carbons (Fsp3) is 0.538. The predicted molar refractivity (Wildman–Crippen MR) is 75.4 cm³/mol. The summed E-state index contributed by atoms with van der Waals surface area (Å²) in [6.45, 7) is 4.03. The van der Waals surface area contributed by atoms with E-state index in [-0.39, 0.29) is 11.7 Å². The van der Waals surface area contributed by atoms with Crippen molar-refractivity contribution >= 4 is 25.8 Å². The van der Waals surface area contributed by atoms with Crippen LogP contribution in [0.3, 0.4) is 0 Å². The summed E-state index contributed by atoms with van der Waals surface area (Å²) in [6.07, 6.45) is 1.95. The maximum absolute atomic E-state index is 12.2. The molecular weight excluding hydrogens is 300 g/mol. The Kier molecular flexibility index (Phi) is 5.67. The number of sulfone groups is 1. The average molecular weight is 319 g/mol. The molecule has 0 aliphatic heterocycles. The second-order valence-electron chi connectivity index (χ2n) is 4.40. The molecule has 4 heteroatoms. The van der Waals surface area contributed by atoms with E-state index in [9.17, 15) is 8.42 Å². The largest absolute Gasteiger partial charge is 0.224 e. The van der Waals surface area contributed by atoms with Crippen molar-refractivity contribution in [2.75, 3.05) is 11.1 Å². The summed E-state index contributed by atoms with van der Waals surface area (Å²) >= 11 is 3.39. The first-order valence-corrected chi connectivity index (χ1v) is 8.62. The third-order valence-electron chi connectivity index (χ3n) is 2.75. The van der Waals surface area contributed by atoms with Gasteiger partial charge in [0.05, 0.1) is 10.6 Å². The summed E-state index contributed by atoms with van der Waals surface area (Å²) in [5.74, 6) is 0.432. The van der Waals surface area contributed by atoms with Gasteiger partial charge >= 0.3 is 0 Å². The van der Waals surface area contributed by atoms with E-state index in [1.165, 1.54) is 0 Å². The van der Waals surface area contributed by atoms with Crippen LogP contribution in [0.2, 0.25) is 0 Å². The van der Waals surface area contributed by atoms with E-state index in [0.717, 1.165) is 23.7 Å². The van der Waals surface area contributed by atoms with E-state index >= 15 is 0 Å². The monoisotopic (exact) mass is 318 g/mol. The first kappa shape index (κ1) is 14.7. The molecule has 1 aromatic rings. The molecule has 0 saturated heterocycles. The maximum Gasteiger partial charge on any atom is 0.178 e. The van der Waals surface area contributed by atoms with Crippen molar-refractivity contribution < 1.29 is 8.42 Å². The van der Waals surface area contributed by atoms with Crippen molar-refractivity contribution in [2.45, 2.75) is 31.6 Å². The molecule has 0 radical (unpaired) electrons. The van der Waals surface area contributed by atoms with Crippen molar-refractivity contribution in [2.24, 2.45) is 5.92 Å². The quantitative estimate of drug-likeness (QED) is 0.751. The minimum absolute atomic E-state index is 0.200. The van der Waals surface area contributed by atoms with Crippen LogP contribution in [0.25, 0.3) is 0 Å². The number of hydrogen-bond donors (Lipinski definition) is 0. The minimum Gasteiger partial charge on any atom is -0.224 e. The Morgan fingerprint density at radius 2 is 1.82 bits per heavy atom. The first-order chi connectivity index (χ1) is 7.99. The molecule has 0 aliphatic rings. The third kappa shape index (κ3) is 4.43. The SMILES string of the molecule is CCCC(CBr)CS(=O)(=O)c1ccc(C)cc1. The zero-order chi connectivity index (χ0) is 12.9. The van der Waals surface area contributed by atoms with Crippen LogP contribution in [0.15, 0.2) is 29.2 Å². The van der Waals surface area contributed by atoms with Gasteiger partial charge < -0.3 is 0 Å². The molecule has 0 heterocycles. The molecular formula is C13H19BrO2S. The molecule has 2 nitrogen and oxygen atoms in total. The van der Waals surface area contributed by atoms with Gasteiger partial charge in [-0.3, -0.25) is 0 Å². The summed E-state index contributed by atoms with van der Waals surface area (Å²) in [7, 11) is -3.14. The number of benzene rings is 1. The lowest BCUT2D eigenvalue weighted by Gasteiger charge is -2.13. The second kappa shape index (κ2) is 6.55. The van der Waals surface area contributed by atoms with Crippen molar-refractivity contribution in [3.05, 3.63) is 29.8 Å². The molecule has 0 fully saturated rings. The van der Waals surface area contributed by atoms with Crippen molar-refractivity contribution in [1.82, 2.24) is 0 Å². The van der Waals surface area contributed by atoms with Gasteiger partial charge in [0.1, 0.15) is 0 Å². The molecule has 96 valence electrons. The molecule has 0 N–H and O–H groups in total. The predicted octanol–water partition coefficient (Wildman–Crippen LogP) is 3.58. The number of rotatable bonds is 6. The molecule has 0 spiro atoms. The average Bonchev–Trinajstić information content (AvgIpc) is 2.28. The lowest BCUT2D eigenvalue weighted by atomic mass is 10.1. The summed E-state index contributed by atoms with van der Waals surface area (Å²) in [6, 6.07) is 7.08. The van der Waals surface area contributed by atoms with Gasteiger partial charge in [0.25, 0.3) is 0 Å². The van der Waals surface area contributed by atoms with Crippen LogP contribution in [0.1, 0.15) is 25.3 Å². The van der Waals surface area contributed by atoms with Crippen LogP contribution in [-0.4, -0.2) is 19.5 Å². The molecule has 0 aromatic heterocycles. The Morgan fingerprint density at radius 1 is 1.24 bits per heavy atom. The highest BCUT2D eigenvalue weighted by Crippen LogP contribution is 2.19. The van der Waals surface area contributed by atoms with Gasteiger partial charge in [-0.05, 0) is 31.4 Å². The molecule has 1 atom stereocenters. The fourth-order valence-corrected chi connectivity index (χ4v) is 4.27. The van der Waals surface area contributed by atoms with E-state index in [4.69, 9.17) is 0 Å². The Hall–Kier alpha value is -0.350. The zero-order valence-corrected chi connectivity index (χ0v) is 12.7. The smallest absolute Gasteiger partial charge is 0.178 e. The van der Waals surface area contributed by atoms with Gasteiger partial charge in [0, 0.05) is 5.33 Å². The molecule has 1 unspecified atom stereocenters. The van der Waals surface area contributed by atoms with E-state index in [0.29, 0.717) is 4.90 Å². The molecule has 17 heavy (non-hydrogen) atoms. The van der Waals surface area contributed by atoms with Crippen LogP contribution in [-0.2, 0) is 9.84 Å². The van der Waals surface area contributed by atoms with Crippen molar-refractivity contribution in [3.8, 4) is 0 Å². The topological polar surface area (TPSA) is 34.1 Å². The van der Waals surface area contributed by atoms with Crippen LogP contribution in [0.4, 0.5) is 0 Å². The summed E-state index contributed by atoms with van der Waals surface area (Å²) in [4.78, 5) is 0.435. The highest BCUT2D eigenvalue weighted by atomic mass is 79.9. The Balaban J connectivity index is 2.84. The summed E-state index contributed by atoms with van der Waals surface area (Å²) < 4.78 is 24.3. The molecule has 1 rings (SSSR count). The van der Waals surface area contributed by atoms with Gasteiger partial charge in [0.2, 0.25) is 0 Å². The Labute approximate surface area is 112 Å². The normalized spacial score (nSPS) is 13.6. The van der Waals surface area contributed by atoms with E-state index in [2.05, 4.69) is 22.9 Å². The standard InChI is InChI=1S/C13H19BrO2S/c1-3-4-12(9-14)10-17(15,16)13-7-5-11(2)6-8-13/h5-8,12H,3-4,9-10H2,1-2H3. The second-order valence-corrected chi connectivity index (χ2v) is 7.09. The number of aryl methyl sites for hydroxylation is 1. The van der Waals surface area contributed by atoms with Gasteiger partial charge in [-0.2, -0.15) is 0 Å². The number of halogens is 1. The first-order valence-electron chi connectivity index (χ1n) is 5.85. The maximum atomic E-state index is 12.2. The van der Waals surface area contributed by atoms with Gasteiger partial charge in [-0.1, -0.05) is 47.0 Å². The zero-order valence-electron chi connectivity index (χ0n) is 10.3. The molecule has 0 amide bonds. The van der Waals surface area contributed by atoms with Crippen LogP contribution in [0, 0.1) is 12.8 Å². The molecule has 0 bridgehead atoms. The van der Waals surface area contributed by atoms with E-state index < -0.39 is 9.84 Å². The van der Waals surface area contributed by atoms with Gasteiger partial charge in [-0.15, -0.1) is 0 Å². The Morgan fingerprint density at radius 3 is 2.29 bits per heavy atom. The van der Waals surface area contributed by atoms with Crippen molar-refractivity contribution in [1.29, 1.82) is 0 Å². The molecule has 0 aliphatic carbocycles.